The first-order valence-electron chi connectivity index (χ1n) is 7.56. The van der Waals surface area contributed by atoms with Crippen LogP contribution in [0.5, 0.6) is 0 Å². The van der Waals surface area contributed by atoms with Gasteiger partial charge in [-0.1, -0.05) is 60.7 Å². The largest absolute Gasteiger partial charge is 0.467 e. The van der Waals surface area contributed by atoms with Gasteiger partial charge in [0.05, 0.1) is 12.8 Å². The van der Waals surface area contributed by atoms with Gasteiger partial charge in [-0.05, 0) is 18.8 Å². The second kappa shape index (κ2) is 6.56. The van der Waals surface area contributed by atoms with Gasteiger partial charge in [-0.3, -0.25) is 4.99 Å². The quantitative estimate of drug-likeness (QED) is 0.625. The third kappa shape index (κ3) is 3.25. The smallest absolute Gasteiger partial charge is 0.330 e. The first-order valence-corrected chi connectivity index (χ1v) is 7.56. The third-order valence-corrected chi connectivity index (χ3v) is 3.87. The second-order valence-corrected chi connectivity index (χ2v) is 5.52. The topological polar surface area (TPSA) is 38.7 Å². The van der Waals surface area contributed by atoms with E-state index in [4.69, 9.17) is 9.73 Å². The van der Waals surface area contributed by atoms with Crippen LogP contribution in [0.2, 0.25) is 0 Å². The number of carbonyl (C=O) groups is 1. The molecule has 0 bridgehead atoms. The molecule has 0 heterocycles. The highest BCUT2D eigenvalue weighted by Crippen LogP contribution is 2.35. The van der Waals surface area contributed by atoms with E-state index in [1.165, 1.54) is 7.11 Å². The van der Waals surface area contributed by atoms with Gasteiger partial charge >= 0.3 is 5.97 Å². The molecular weight excluding hydrogens is 274 g/mol. The Morgan fingerprint density at radius 3 is 1.91 bits per heavy atom. The summed E-state index contributed by atoms with van der Waals surface area (Å²) in [6, 6.07) is 19.6. The van der Waals surface area contributed by atoms with Crippen molar-refractivity contribution in [2.45, 2.75) is 18.9 Å². The van der Waals surface area contributed by atoms with Gasteiger partial charge < -0.3 is 4.74 Å². The number of methoxy groups -OCH3 is 1. The monoisotopic (exact) mass is 293 g/mol. The predicted molar refractivity (Wildman–Crippen MR) is 87.1 cm³/mol. The first kappa shape index (κ1) is 14.5. The first-order chi connectivity index (χ1) is 10.8. The summed E-state index contributed by atoms with van der Waals surface area (Å²) in [4.78, 5) is 16.9. The number of esters is 1. The molecule has 22 heavy (non-hydrogen) atoms. The standard InChI is InChI=1S/C19H19NO2/c1-22-19(21)18(16-12-13-16)20-17(14-8-4-2-5-9-14)15-10-6-3-7-11-15/h2-11,16,18H,12-13H2,1H3. The average Bonchev–Trinajstić information content (AvgIpc) is 3.41. The van der Waals surface area contributed by atoms with Gasteiger partial charge in [-0.2, -0.15) is 0 Å². The van der Waals surface area contributed by atoms with Crippen LogP contribution in [0.25, 0.3) is 0 Å². The maximum absolute atomic E-state index is 12.1. The van der Waals surface area contributed by atoms with Crippen molar-refractivity contribution in [1.29, 1.82) is 0 Å². The summed E-state index contributed by atoms with van der Waals surface area (Å²) in [5.74, 6) is 0.0711. The summed E-state index contributed by atoms with van der Waals surface area (Å²) in [6.45, 7) is 0. The van der Waals surface area contributed by atoms with E-state index in [1.54, 1.807) is 0 Å². The van der Waals surface area contributed by atoms with Crippen molar-refractivity contribution in [2.24, 2.45) is 10.9 Å². The van der Waals surface area contributed by atoms with E-state index in [1.807, 2.05) is 60.7 Å². The lowest BCUT2D eigenvalue weighted by atomic mass is 10.0. The van der Waals surface area contributed by atoms with E-state index < -0.39 is 6.04 Å². The van der Waals surface area contributed by atoms with E-state index in [0.717, 1.165) is 29.7 Å². The zero-order valence-electron chi connectivity index (χ0n) is 12.6. The molecule has 0 spiro atoms. The second-order valence-electron chi connectivity index (χ2n) is 5.52. The third-order valence-electron chi connectivity index (χ3n) is 3.87. The minimum absolute atomic E-state index is 0.244. The number of carbonyl (C=O) groups excluding carboxylic acids is 1. The number of hydrogen-bond donors (Lipinski definition) is 0. The van der Waals surface area contributed by atoms with Crippen molar-refractivity contribution in [1.82, 2.24) is 0 Å². The average molecular weight is 293 g/mol. The summed E-state index contributed by atoms with van der Waals surface area (Å²) in [6.07, 6.45) is 2.08. The Labute approximate surface area is 130 Å². The Bertz CT molecular complexity index is 619. The van der Waals surface area contributed by atoms with Crippen LogP contribution >= 0.6 is 0 Å². The summed E-state index contributed by atoms with van der Waals surface area (Å²) in [5.41, 5.74) is 2.88. The molecule has 0 aliphatic heterocycles. The maximum atomic E-state index is 12.1. The summed E-state index contributed by atoms with van der Waals surface area (Å²) in [7, 11) is 1.43. The fourth-order valence-corrected chi connectivity index (χ4v) is 2.53. The molecule has 2 aromatic rings. The van der Waals surface area contributed by atoms with Crippen LogP contribution < -0.4 is 0 Å². The number of nitrogens with zero attached hydrogens (tertiary/aromatic N) is 1. The van der Waals surface area contributed by atoms with Crippen LogP contribution in [0.3, 0.4) is 0 Å². The molecule has 1 aliphatic carbocycles. The van der Waals surface area contributed by atoms with Gasteiger partial charge in [0.1, 0.15) is 0 Å². The number of rotatable bonds is 5. The van der Waals surface area contributed by atoms with Crippen LogP contribution in [0.15, 0.2) is 65.7 Å². The zero-order valence-corrected chi connectivity index (χ0v) is 12.6. The maximum Gasteiger partial charge on any atom is 0.330 e. The number of benzene rings is 2. The van der Waals surface area contributed by atoms with Crippen molar-refractivity contribution in [2.75, 3.05) is 7.11 Å². The van der Waals surface area contributed by atoms with Crippen molar-refractivity contribution in [3.63, 3.8) is 0 Å². The van der Waals surface area contributed by atoms with Gasteiger partial charge in [0, 0.05) is 11.1 Å². The van der Waals surface area contributed by atoms with Gasteiger partial charge in [-0.15, -0.1) is 0 Å². The molecule has 1 atom stereocenters. The highest BCUT2D eigenvalue weighted by atomic mass is 16.5. The molecule has 1 aliphatic rings. The van der Waals surface area contributed by atoms with E-state index in [9.17, 15) is 4.79 Å². The van der Waals surface area contributed by atoms with Crippen LogP contribution in [-0.2, 0) is 9.53 Å². The Morgan fingerprint density at radius 1 is 1.00 bits per heavy atom. The molecule has 0 amide bonds. The fraction of sp³-hybridized carbons (Fsp3) is 0.263. The lowest BCUT2D eigenvalue weighted by Crippen LogP contribution is -2.24. The van der Waals surface area contributed by atoms with Crippen LogP contribution in [-0.4, -0.2) is 24.8 Å². The van der Waals surface area contributed by atoms with Gasteiger partial charge in [0.25, 0.3) is 0 Å². The summed E-state index contributed by atoms with van der Waals surface area (Å²) >= 11 is 0. The number of hydrogen-bond acceptors (Lipinski definition) is 3. The Balaban J connectivity index is 2.04. The van der Waals surface area contributed by atoms with E-state index >= 15 is 0 Å². The molecule has 0 N–H and O–H groups in total. The lowest BCUT2D eigenvalue weighted by molar-refractivity contribution is -0.142. The fourth-order valence-electron chi connectivity index (χ4n) is 2.53. The van der Waals surface area contributed by atoms with E-state index in [-0.39, 0.29) is 5.97 Å². The molecular formula is C19H19NO2. The Hall–Kier alpha value is -2.42. The van der Waals surface area contributed by atoms with Crippen LogP contribution in [0.1, 0.15) is 24.0 Å². The van der Waals surface area contributed by atoms with Crippen molar-refractivity contribution in [3.05, 3.63) is 71.8 Å². The minimum Gasteiger partial charge on any atom is -0.467 e. The summed E-state index contributed by atoms with van der Waals surface area (Å²) < 4.78 is 4.94. The molecule has 3 heteroatoms. The van der Waals surface area contributed by atoms with Gasteiger partial charge in [0.2, 0.25) is 0 Å². The highest BCUT2D eigenvalue weighted by molar-refractivity contribution is 6.13. The molecule has 0 saturated heterocycles. The molecule has 1 unspecified atom stereocenters. The van der Waals surface area contributed by atoms with Gasteiger partial charge in [-0.25, -0.2) is 4.79 Å². The molecule has 1 saturated carbocycles. The van der Waals surface area contributed by atoms with Crippen molar-refractivity contribution in [3.8, 4) is 0 Å². The van der Waals surface area contributed by atoms with Crippen molar-refractivity contribution >= 4 is 11.7 Å². The SMILES string of the molecule is COC(=O)C(N=C(c1ccccc1)c1ccccc1)C1CC1. The molecule has 3 nitrogen and oxygen atoms in total. The molecule has 0 radical (unpaired) electrons. The van der Waals surface area contributed by atoms with Gasteiger partial charge in [0.15, 0.2) is 6.04 Å². The summed E-state index contributed by atoms with van der Waals surface area (Å²) in [5, 5.41) is 0. The number of ether oxygens (including phenoxy) is 1. The Kier molecular flexibility index (Phi) is 4.33. The van der Waals surface area contributed by atoms with Crippen molar-refractivity contribution < 1.29 is 9.53 Å². The normalized spacial score (nSPS) is 15.0. The predicted octanol–water partition coefficient (Wildman–Crippen LogP) is 3.48. The Morgan fingerprint density at radius 2 is 1.50 bits per heavy atom. The van der Waals surface area contributed by atoms with Crippen LogP contribution in [0.4, 0.5) is 0 Å². The highest BCUT2D eigenvalue weighted by Gasteiger charge is 2.37. The molecule has 2 aromatic carbocycles. The minimum atomic E-state index is -0.402. The molecule has 0 aromatic heterocycles. The van der Waals surface area contributed by atoms with E-state index in [0.29, 0.717) is 5.92 Å². The lowest BCUT2D eigenvalue weighted by Gasteiger charge is -2.13. The number of aliphatic imine (C=N–C) groups is 1. The zero-order chi connectivity index (χ0) is 15.4. The molecule has 3 rings (SSSR count). The molecule has 112 valence electrons. The van der Waals surface area contributed by atoms with Crippen LogP contribution in [0, 0.1) is 5.92 Å². The van der Waals surface area contributed by atoms with E-state index in [2.05, 4.69) is 0 Å². The molecule has 1 fully saturated rings.